The van der Waals surface area contributed by atoms with Gasteiger partial charge in [0, 0.05) is 10.9 Å². The number of rotatable bonds is 5. The monoisotopic (exact) mass is 279 g/mol. The van der Waals surface area contributed by atoms with E-state index in [1.54, 1.807) is 11.3 Å². The highest BCUT2D eigenvalue weighted by molar-refractivity contribution is 7.09. The minimum atomic E-state index is 1.06. The molecule has 1 nitrogen and oxygen atoms in total. The second-order valence-electron chi connectivity index (χ2n) is 4.83. The Kier molecular flexibility index (Phi) is 4.24. The zero-order valence-electron chi connectivity index (χ0n) is 11.3. The van der Waals surface area contributed by atoms with Crippen molar-refractivity contribution in [1.29, 1.82) is 0 Å². The third-order valence-corrected chi connectivity index (χ3v) is 4.23. The highest BCUT2D eigenvalue weighted by Gasteiger charge is 2.04. The van der Waals surface area contributed by atoms with E-state index in [1.807, 2.05) is 6.07 Å². The molecular weight excluding hydrogens is 262 g/mol. The molecule has 0 N–H and O–H groups in total. The summed E-state index contributed by atoms with van der Waals surface area (Å²) >= 11 is 1.77. The van der Waals surface area contributed by atoms with Crippen LogP contribution in [0.5, 0.6) is 0 Å². The van der Waals surface area contributed by atoms with Gasteiger partial charge in [-0.15, -0.1) is 11.3 Å². The third-order valence-electron chi connectivity index (χ3n) is 3.32. The second-order valence-corrected chi connectivity index (χ2v) is 5.77. The third kappa shape index (κ3) is 3.34. The smallest absolute Gasteiger partial charge is 0.0932 e. The van der Waals surface area contributed by atoms with Crippen molar-refractivity contribution in [3.05, 3.63) is 76.6 Å². The molecule has 0 spiro atoms. The summed E-state index contributed by atoms with van der Waals surface area (Å²) in [5.74, 6) is 0. The first-order valence-electron chi connectivity index (χ1n) is 6.95. The van der Waals surface area contributed by atoms with E-state index in [0.717, 1.165) is 25.0 Å². The van der Waals surface area contributed by atoms with Crippen molar-refractivity contribution in [3.63, 3.8) is 0 Å². The van der Waals surface area contributed by atoms with Crippen LogP contribution >= 0.6 is 11.3 Å². The Morgan fingerprint density at radius 1 is 0.800 bits per heavy atom. The van der Waals surface area contributed by atoms with Crippen LogP contribution in [0.2, 0.25) is 0 Å². The minimum Gasteiger partial charge on any atom is -0.241 e. The van der Waals surface area contributed by atoms with Crippen LogP contribution in [0.4, 0.5) is 0 Å². The zero-order valence-corrected chi connectivity index (χ0v) is 12.1. The quantitative estimate of drug-likeness (QED) is 0.641. The first-order chi connectivity index (χ1) is 9.92. The maximum Gasteiger partial charge on any atom is 0.0932 e. The molecule has 0 aliphatic heterocycles. The Hall–Kier alpha value is -1.93. The van der Waals surface area contributed by atoms with Gasteiger partial charge in [0.2, 0.25) is 0 Å². The highest BCUT2D eigenvalue weighted by Crippen LogP contribution is 2.22. The Bertz CT molecular complexity index is 643. The summed E-state index contributed by atoms with van der Waals surface area (Å²) < 4.78 is 0. The summed E-state index contributed by atoms with van der Waals surface area (Å²) in [5, 5.41) is 3.40. The van der Waals surface area contributed by atoms with E-state index in [-0.39, 0.29) is 0 Å². The maximum absolute atomic E-state index is 4.73. The molecule has 0 radical (unpaired) electrons. The van der Waals surface area contributed by atoms with E-state index in [1.165, 1.54) is 16.1 Å². The fourth-order valence-electron chi connectivity index (χ4n) is 2.26. The highest BCUT2D eigenvalue weighted by atomic mass is 32.1. The van der Waals surface area contributed by atoms with E-state index in [9.17, 15) is 0 Å². The van der Waals surface area contributed by atoms with Crippen molar-refractivity contribution >= 4 is 11.3 Å². The molecule has 3 aromatic rings. The molecule has 0 unspecified atom stereocenters. The predicted molar refractivity (Wildman–Crippen MR) is 86.0 cm³/mol. The number of aromatic nitrogens is 1. The van der Waals surface area contributed by atoms with Crippen molar-refractivity contribution in [2.45, 2.75) is 19.3 Å². The van der Waals surface area contributed by atoms with Crippen LogP contribution in [0.15, 0.2) is 66.0 Å². The van der Waals surface area contributed by atoms with Gasteiger partial charge in [0.15, 0.2) is 0 Å². The van der Waals surface area contributed by atoms with Crippen LogP contribution in [0, 0.1) is 0 Å². The van der Waals surface area contributed by atoms with E-state index < -0.39 is 0 Å². The fraction of sp³-hybridized carbons (Fsp3) is 0.167. The standard InChI is InChI=1S/C18H17NS/c1-3-8-15(9-4-1)10-7-13-18-19-17(14-20-18)16-11-5-2-6-12-16/h1-6,8-9,11-12,14H,7,10,13H2. The lowest BCUT2D eigenvalue weighted by Crippen LogP contribution is -1.89. The lowest BCUT2D eigenvalue weighted by Gasteiger charge is -1.99. The van der Waals surface area contributed by atoms with Gasteiger partial charge in [0.1, 0.15) is 0 Å². The van der Waals surface area contributed by atoms with Crippen LogP contribution in [0.1, 0.15) is 17.0 Å². The van der Waals surface area contributed by atoms with E-state index in [2.05, 4.69) is 60.0 Å². The molecule has 0 bridgehead atoms. The summed E-state index contributed by atoms with van der Waals surface area (Å²) in [7, 11) is 0. The van der Waals surface area contributed by atoms with Gasteiger partial charge in [0.25, 0.3) is 0 Å². The molecule has 3 rings (SSSR count). The Morgan fingerprint density at radius 3 is 2.25 bits per heavy atom. The lowest BCUT2D eigenvalue weighted by atomic mass is 10.1. The molecule has 100 valence electrons. The molecular formula is C18H17NS. The Morgan fingerprint density at radius 2 is 1.50 bits per heavy atom. The zero-order chi connectivity index (χ0) is 13.6. The molecule has 0 saturated heterocycles. The topological polar surface area (TPSA) is 12.9 Å². The first kappa shape index (κ1) is 13.1. The maximum atomic E-state index is 4.73. The van der Waals surface area contributed by atoms with Crippen LogP contribution in [0.25, 0.3) is 11.3 Å². The number of aryl methyl sites for hydroxylation is 2. The van der Waals surface area contributed by atoms with Crippen LogP contribution < -0.4 is 0 Å². The molecule has 1 aromatic heterocycles. The van der Waals surface area contributed by atoms with Gasteiger partial charge in [-0.25, -0.2) is 4.98 Å². The largest absolute Gasteiger partial charge is 0.241 e. The van der Waals surface area contributed by atoms with Gasteiger partial charge in [-0.3, -0.25) is 0 Å². The average Bonchev–Trinajstić information content (AvgIpc) is 2.98. The fourth-order valence-corrected chi connectivity index (χ4v) is 3.11. The predicted octanol–water partition coefficient (Wildman–Crippen LogP) is 4.99. The van der Waals surface area contributed by atoms with Gasteiger partial charge in [-0.2, -0.15) is 0 Å². The molecule has 2 heteroatoms. The summed E-state index contributed by atoms with van der Waals surface area (Å²) in [6.45, 7) is 0. The van der Waals surface area contributed by atoms with Crippen molar-refractivity contribution in [2.24, 2.45) is 0 Å². The van der Waals surface area contributed by atoms with Gasteiger partial charge in [0.05, 0.1) is 10.7 Å². The molecule has 0 fully saturated rings. The van der Waals surface area contributed by atoms with E-state index >= 15 is 0 Å². The summed E-state index contributed by atoms with van der Waals surface area (Å²) in [4.78, 5) is 4.73. The normalized spacial score (nSPS) is 10.6. The molecule has 20 heavy (non-hydrogen) atoms. The average molecular weight is 279 g/mol. The van der Waals surface area contributed by atoms with Crippen LogP contribution in [-0.4, -0.2) is 4.98 Å². The van der Waals surface area contributed by atoms with Gasteiger partial charge >= 0.3 is 0 Å². The Labute approximate surface area is 124 Å². The van der Waals surface area contributed by atoms with Crippen molar-refractivity contribution in [1.82, 2.24) is 4.98 Å². The number of hydrogen-bond acceptors (Lipinski definition) is 2. The van der Waals surface area contributed by atoms with Crippen LogP contribution in [-0.2, 0) is 12.8 Å². The molecule has 0 aliphatic carbocycles. The molecule has 0 aliphatic rings. The second kappa shape index (κ2) is 6.49. The molecule has 0 amide bonds. The number of nitrogens with zero attached hydrogens (tertiary/aromatic N) is 1. The number of benzene rings is 2. The SMILES string of the molecule is c1ccc(CCCc2nc(-c3ccccc3)cs2)cc1. The van der Waals surface area contributed by atoms with Gasteiger partial charge in [-0.05, 0) is 24.8 Å². The van der Waals surface area contributed by atoms with E-state index in [4.69, 9.17) is 4.98 Å². The van der Waals surface area contributed by atoms with Gasteiger partial charge < -0.3 is 0 Å². The van der Waals surface area contributed by atoms with Gasteiger partial charge in [-0.1, -0.05) is 60.7 Å². The molecule has 2 aromatic carbocycles. The van der Waals surface area contributed by atoms with Crippen LogP contribution in [0.3, 0.4) is 0 Å². The minimum absolute atomic E-state index is 1.06. The summed E-state index contributed by atoms with van der Waals surface area (Å²) in [6.07, 6.45) is 3.35. The molecule has 0 saturated carbocycles. The summed E-state index contributed by atoms with van der Waals surface area (Å²) in [5.41, 5.74) is 3.72. The molecule has 0 atom stereocenters. The first-order valence-corrected chi connectivity index (χ1v) is 7.83. The number of hydrogen-bond donors (Lipinski definition) is 0. The molecule has 1 heterocycles. The van der Waals surface area contributed by atoms with E-state index in [0.29, 0.717) is 0 Å². The van der Waals surface area contributed by atoms with Crippen molar-refractivity contribution < 1.29 is 0 Å². The lowest BCUT2D eigenvalue weighted by molar-refractivity contribution is 0.815. The Balaban J connectivity index is 1.58. The summed E-state index contributed by atoms with van der Waals surface area (Å²) in [6, 6.07) is 21.0. The van der Waals surface area contributed by atoms with Crippen molar-refractivity contribution in [2.75, 3.05) is 0 Å². The van der Waals surface area contributed by atoms with Crippen molar-refractivity contribution in [3.8, 4) is 11.3 Å². The number of thiazole rings is 1.